The smallest absolute Gasteiger partial charge is 0.0462 e. The van der Waals surface area contributed by atoms with Crippen molar-refractivity contribution < 1.29 is 0 Å². The minimum absolute atomic E-state index is 1.14. The molecule has 1 heterocycles. The van der Waals surface area contributed by atoms with E-state index in [0.29, 0.717) is 0 Å². The van der Waals surface area contributed by atoms with Gasteiger partial charge in [0.15, 0.2) is 0 Å². The van der Waals surface area contributed by atoms with Crippen LogP contribution in [0, 0.1) is 0 Å². The van der Waals surface area contributed by atoms with E-state index in [2.05, 4.69) is 132 Å². The fourth-order valence-corrected chi connectivity index (χ4v) is 4.46. The summed E-state index contributed by atoms with van der Waals surface area (Å²) in [6, 6.07) is 42.6. The Kier molecular flexibility index (Phi) is 5.95. The van der Waals surface area contributed by atoms with E-state index in [1.54, 1.807) is 11.3 Å². The third-order valence-corrected chi connectivity index (χ3v) is 6.28. The third kappa shape index (κ3) is 4.56. The highest BCUT2D eigenvalue weighted by atomic mass is 32.1. The molecule has 0 aliphatic carbocycles. The van der Waals surface area contributed by atoms with Crippen molar-refractivity contribution in [2.45, 2.75) is 0 Å². The molecule has 0 aliphatic heterocycles. The van der Waals surface area contributed by atoms with Crippen molar-refractivity contribution in [1.82, 2.24) is 0 Å². The average molecular weight is 430 g/mol. The van der Waals surface area contributed by atoms with E-state index in [9.17, 15) is 0 Å². The van der Waals surface area contributed by atoms with Gasteiger partial charge in [-0.1, -0.05) is 91.0 Å². The van der Waals surface area contributed by atoms with Crippen LogP contribution < -0.4 is 4.90 Å². The van der Waals surface area contributed by atoms with E-state index in [0.717, 1.165) is 17.1 Å². The van der Waals surface area contributed by atoms with E-state index in [1.807, 2.05) is 12.1 Å². The lowest BCUT2D eigenvalue weighted by Crippen LogP contribution is -2.09. The van der Waals surface area contributed by atoms with Gasteiger partial charge in [-0.05, 0) is 64.5 Å². The van der Waals surface area contributed by atoms with Crippen LogP contribution in [0.4, 0.5) is 17.1 Å². The van der Waals surface area contributed by atoms with Crippen molar-refractivity contribution in [3.8, 4) is 10.4 Å². The largest absolute Gasteiger partial charge is 0.311 e. The maximum absolute atomic E-state index is 2.27. The minimum Gasteiger partial charge on any atom is -0.311 e. The van der Waals surface area contributed by atoms with Crippen LogP contribution in [0.3, 0.4) is 0 Å². The molecule has 0 unspecified atom stereocenters. The van der Waals surface area contributed by atoms with Crippen LogP contribution in [0.15, 0.2) is 127 Å². The summed E-state index contributed by atoms with van der Waals surface area (Å²) in [5, 5.41) is 2.11. The van der Waals surface area contributed by atoms with Crippen molar-refractivity contribution in [3.63, 3.8) is 0 Å². The molecule has 5 aromatic rings. The molecule has 32 heavy (non-hydrogen) atoms. The lowest BCUT2D eigenvalue weighted by Gasteiger charge is -2.25. The zero-order valence-corrected chi connectivity index (χ0v) is 18.5. The van der Waals surface area contributed by atoms with Crippen molar-refractivity contribution in [1.29, 1.82) is 0 Å². The van der Waals surface area contributed by atoms with E-state index < -0.39 is 0 Å². The molecule has 0 spiro atoms. The summed E-state index contributed by atoms with van der Waals surface area (Å²) in [5.74, 6) is 0. The third-order valence-electron chi connectivity index (χ3n) is 5.36. The predicted molar refractivity (Wildman–Crippen MR) is 140 cm³/mol. The van der Waals surface area contributed by atoms with Crippen molar-refractivity contribution in [2.75, 3.05) is 4.90 Å². The van der Waals surface area contributed by atoms with Gasteiger partial charge >= 0.3 is 0 Å². The zero-order valence-electron chi connectivity index (χ0n) is 17.6. The van der Waals surface area contributed by atoms with Crippen LogP contribution in [0.25, 0.3) is 22.6 Å². The Morgan fingerprint density at radius 1 is 0.469 bits per heavy atom. The van der Waals surface area contributed by atoms with Crippen LogP contribution in [0.1, 0.15) is 11.1 Å². The maximum atomic E-state index is 2.27. The molecule has 0 saturated heterocycles. The van der Waals surface area contributed by atoms with Crippen LogP contribution in [0.2, 0.25) is 0 Å². The zero-order chi connectivity index (χ0) is 21.6. The monoisotopic (exact) mass is 429 g/mol. The Bertz CT molecular complexity index is 1230. The molecule has 0 N–H and O–H groups in total. The minimum atomic E-state index is 1.14. The molecule has 1 nitrogen and oxygen atoms in total. The molecule has 5 rings (SSSR count). The van der Waals surface area contributed by atoms with Gasteiger partial charge in [-0.3, -0.25) is 0 Å². The lowest BCUT2D eigenvalue weighted by molar-refractivity contribution is 1.28. The summed E-state index contributed by atoms with van der Waals surface area (Å²) >= 11 is 1.77. The first-order valence-electron chi connectivity index (χ1n) is 10.7. The number of rotatable bonds is 6. The van der Waals surface area contributed by atoms with E-state index in [-0.39, 0.29) is 0 Å². The number of nitrogens with zero attached hydrogens (tertiary/aromatic N) is 1. The first kappa shape index (κ1) is 20.0. The fourth-order valence-electron chi connectivity index (χ4n) is 3.73. The standard InChI is InChI=1S/C30H23NS/c1-3-8-27(9-4-1)31(28-10-5-2-6-11-28)29-21-17-25(18-22-29)14-13-24-15-19-26(20-16-24)30-12-7-23-32-30/h1-23H. The molecule has 1 aromatic heterocycles. The average Bonchev–Trinajstić information content (AvgIpc) is 3.41. The molecule has 0 fully saturated rings. The topological polar surface area (TPSA) is 3.24 Å². The molecule has 0 amide bonds. The van der Waals surface area contributed by atoms with Gasteiger partial charge < -0.3 is 4.90 Å². The Balaban J connectivity index is 1.37. The SMILES string of the molecule is C(=Cc1ccc(N(c2ccccc2)c2ccccc2)cc1)c1ccc(-c2cccs2)cc1. The molecular weight excluding hydrogens is 406 g/mol. The second-order valence-corrected chi connectivity index (χ2v) is 8.48. The van der Waals surface area contributed by atoms with Gasteiger partial charge in [0, 0.05) is 21.9 Å². The summed E-state index contributed by atoms with van der Waals surface area (Å²) in [6.07, 6.45) is 4.33. The van der Waals surface area contributed by atoms with Crippen LogP contribution in [0.5, 0.6) is 0 Å². The lowest BCUT2D eigenvalue weighted by atomic mass is 10.1. The summed E-state index contributed by atoms with van der Waals surface area (Å²) < 4.78 is 0. The summed E-state index contributed by atoms with van der Waals surface area (Å²) in [4.78, 5) is 3.58. The van der Waals surface area contributed by atoms with Gasteiger partial charge in [-0.25, -0.2) is 0 Å². The van der Waals surface area contributed by atoms with Crippen LogP contribution in [-0.2, 0) is 0 Å². The van der Waals surface area contributed by atoms with Gasteiger partial charge in [-0.15, -0.1) is 11.3 Å². The maximum Gasteiger partial charge on any atom is 0.0462 e. The molecule has 0 aliphatic rings. The van der Waals surface area contributed by atoms with Crippen molar-refractivity contribution >= 4 is 40.6 Å². The molecule has 0 radical (unpaired) electrons. The highest BCUT2D eigenvalue weighted by molar-refractivity contribution is 7.13. The molecule has 154 valence electrons. The molecular formula is C30H23NS. The molecule has 0 atom stereocenters. The van der Waals surface area contributed by atoms with Crippen molar-refractivity contribution in [2.24, 2.45) is 0 Å². The highest BCUT2D eigenvalue weighted by Crippen LogP contribution is 2.34. The quantitative estimate of drug-likeness (QED) is 0.243. The van der Waals surface area contributed by atoms with Gasteiger partial charge in [-0.2, -0.15) is 0 Å². The van der Waals surface area contributed by atoms with Crippen LogP contribution >= 0.6 is 11.3 Å². The Labute approximate surface area is 193 Å². The summed E-state index contributed by atoms with van der Waals surface area (Å²) in [7, 11) is 0. The summed E-state index contributed by atoms with van der Waals surface area (Å²) in [5.41, 5.74) is 7.07. The number of benzene rings is 4. The molecule has 0 bridgehead atoms. The van der Waals surface area contributed by atoms with Gasteiger partial charge in [0.1, 0.15) is 0 Å². The highest BCUT2D eigenvalue weighted by Gasteiger charge is 2.11. The van der Waals surface area contributed by atoms with Crippen molar-refractivity contribution in [3.05, 3.63) is 138 Å². The van der Waals surface area contributed by atoms with E-state index >= 15 is 0 Å². The fraction of sp³-hybridized carbons (Fsp3) is 0. The first-order chi connectivity index (χ1) is 15.9. The van der Waals surface area contributed by atoms with E-state index in [1.165, 1.54) is 21.6 Å². The number of hydrogen-bond donors (Lipinski definition) is 0. The Hall–Kier alpha value is -3.88. The Morgan fingerprint density at radius 2 is 0.969 bits per heavy atom. The van der Waals surface area contributed by atoms with E-state index in [4.69, 9.17) is 0 Å². The number of anilines is 3. The number of thiophene rings is 1. The molecule has 2 heteroatoms. The second kappa shape index (κ2) is 9.51. The molecule has 0 saturated carbocycles. The Morgan fingerprint density at radius 3 is 1.47 bits per heavy atom. The molecule has 4 aromatic carbocycles. The number of para-hydroxylation sites is 2. The second-order valence-electron chi connectivity index (χ2n) is 7.53. The summed E-state index contributed by atoms with van der Waals surface area (Å²) in [6.45, 7) is 0. The van der Waals surface area contributed by atoms with Gasteiger partial charge in [0.05, 0.1) is 0 Å². The van der Waals surface area contributed by atoms with Gasteiger partial charge in [0.2, 0.25) is 0 Å². The first-order valence-corrected chi connectivity index (χ1v) is 11.6. The van der Waals surface area contributed by atoms with Gasteiger partial charge in [0.25, 0.3) is 0 Å². The number of hydrogen-bond acceptors (Lipinski definition) is 2. The normalized spacial score (nSPS) is 11.0. The predicted octanol–water partition coefficient (Wildman–Crippen LogP) is 9.06. The van der Waals surface area contributed by atoms with Crippen LogP contribution in [-0.4, -0.2) is 0 Å².